The number of carbonyl (C=O) groups excluding carboxylic acids is 1. The molecule has 1 N–H and O–H groups in total. The van der Waals surface area contributed by atoms with E-state index < -0.39 is 11.9 Å². The number of carboxylic acid groups (broad SMARTS) is 1. The number of methoxy groups -OCH3 is 1. The Morgan fingerprint density at radius 1 is 1.56 bits per heavy atom. The quantitative estimate of drug-likeness (QED) is 0.908. The van der Waals surface area contributed by atoms with E-state index in [-0.39, 0.29) is 18.9 Å². The van der Waals surface area contributed by atoms with Crippen molar-refractivity contribution in [3.8, 4) is 5.75 Å². The first kappa shape index (κ1) is 12.7. The second-order valence-corrected chi connectivity index (χ2v) is 4.44. The molecule has 1 aromatic rings. The fourth-order valence-electron chi connectivity index (χ4n) is 2.02. The monoisotopic (exact) mass is 269 g/mol. The van der Waals surface area contributed by atoms with Crippen molar-refractivity contribution in [2.24, 2.45) is 5.92 Å². The van der Waals surface area contributed by atoms with Crippen molar-refractivity contribution >= 4 is 29.2 Å². The highest BCUT2D eigenvalue weighted by atomic mass is 35.5. The third kappa shape index (κ3) is 2.13. The lowest BCUT2D eigenvalue weighted by Gasteiger charge is -2.19. The van der Waals surface area contributed by atoms with Crippen molar-refractivity contribution in [3.05, 3.63) is 23.2 Å². The molecule has 0 spiro atoms. The van der Waals surface area contributed by atoms with Gasteiger partial charge in [-0.3, -0.25) is 9.59 Å². The Labute approximate surface area is 109 Å². The number of halogens is 1. The molecule has 2 rings (SSSR count). The third-order valence-corrected chi connectivity index (χ3v) is 3.21. The number of carbonyl (C=O) groups is 2. The predicted octanol–water partition coefficient (Wildman–Crippen LogP) is 1.79. The summed E-state index contributed by atoms with van der Waals surface area (Å²) in [6, 6.07) is 5.04. The highest BCUT2D eigenvalue weighted by molar-refractivity contribution is 6.32. The van der Waals surface area contributed by atoms with Crippen LogP contribution in [0.25, 0.3) is 0 Å². The first-order valence-corrected chi connectivity index (χ1v) is 5.78. The maximum atomic E-state index is 11.8. The second kappa shape index (κ2) is 4.86. The van der Waals surface area contributed by atoms with Crippen LogP contribution in [0.15, 0.2) is 18.2 Å². The Bertz CT molecular complexity index is 503. The van der Waals surface area contributed by atoms with Crippen LogP contribution in [-0.2, 0) is 9.59 Å². The Morgan fingerprint density at radius 2 is 2.28 bits per heavy atom. The molecule has 18 heavy (non-hydrogen) atoms. The number of anilines is 1. The van der Waals surface area contributed by atoms with Gasteiger partial charge < -0.3 is 14.7 Å². The number of ether oxygens (including phenoxy) is 1. The molecule has 1 saturated heterocycles. The molecule has 96 valence electrons. The second-order valence-electron chi connectivity index (χ2n) is 4.04. The van der Waals surface area contributed by atoms with Gasteiger partial charge in [0.15, 0.2) is 5.75 Å². The van der Waals surface area contributed by atoms with Gasteiger partial charge in [0.2, 0.25) is 5.91 Å². The van der Waals surface area contributed by atoms with Crippen LogP contribution < -0.4 is 9.64 Å². The number of rotatable bonds is 3. The number of aliphatic carboxylic acids is 1. The minimum atomic E-state index is -0.966. The van der Waals surface area contributed by atoms with Gasteiger partial charge in [-0.1, -0.05) is 17.7 Å². The van der Waals surface area contributed by atoms with Gasteiger partial charge in [0, 0.05) is 13.0 Å². The number of carboxylic acids is 1. The van der Waals surface area contributed by atoms with Crippen LogP contribution in [0.1, 0.15) is 6.42 Å². The maximum absolute atomic E-state index is 11.8. The fourth-order valence-corrected chi connectivity index (χ4v) is 2.26. The number of para-hydroxylation sites is 1. The van der Waals surface area contributed by atoms with E-state index >= 15 is 0 Å². The molecule has 1 atom stereocenters. The van der Waals surface area contributed by atoms with E-state index in [9.17, 15) is 9.59 Å². The minimum Gasteiger partial charge on any atom is -0.493 e. The maximum Gasteiger partial charge on any atom is 0.308 e. The van der Waals surface area contributed by atoms with E-state index in [1.165, 1.54) is 12.0 Å². The van der Waals surface area contributed by atoms with Gasteiger partial charge in [-0.2, -0.15) is 0 Å². The van der Waals surface area contributed by atoms with E-state index in [0.29, 0.717) is 16.5 Å². The van der Waals surface area contributed by atoms with Gasteiger partial charge in [-0.25, -0.2) is 0 Å². The van der Waals surface area contributed by atoms with Crippen LogP contribution in [0.3, 0.4) is 0 Å². The zero-order valence-corrected chi connectivity index (χ0v) is 10.5. The summed E-state index contributed by atoms with van der Waals surface area (Å²) in [5.41, 5.74) is 0.513. The summed E-state index contributed by atoms with van der Waals surface area (Å²) in [4.78, 5) is 24.1. The largest absolute Gasteiger partial charge is 0.493 e. The van der Waals surface area contributed by atoms with Crippen LogP contribution in [0, 0.1) is 5.92 Å². The number of hydrogen-bond acceptors (Lipinski definition) is 3. The average Bonchev–Trinajstić information content (AvgIpc) is 2.71. The van der Waals surface area contributed by atoms with Crippen LogP contribution in [0.2, 0.25) is 5.02 Å². The highest BCUT2D eigenvalue weighted by Gasteiger charge is 2.36. The Balaban J connectivity index is 2.35. The van der Waals surface area contributed by atoms with Gasteiger partial charge in [-0.05, 0) is 12.1 Å². The lowest BCUT2D eigenvalue weighted by molar-refractivity contribution is -0.141. The van der Waals surface area contributed by atoms with Gasteiger partial charge >= 0.3 is 5.97 Å². The molecule has 1 aliphatic heterocycles. The van der Waals surface area contributed by atoms with Crippen LogP contribution in [0.5, 0.6) is 5.75 Å². The summed E-state index contributed by atoms with van der Waals surface area (Å²) in [6.07, 6.45) is 0.00496. The molecule has 0 saturated carbocycles. The smallest absolute Gasteiger partial charge is 0.308 e. The molecule has 1 aliphatic rings. The molecule has 0 bridgehead atoms. The van der Waals surface area contributed by atoms with E-state index in [4.69, 9.17) is 21.4 Å². The molecular weight excluding hydrogens is 258 g/mol. The first-order chi connectivity index (χ1) is 8.54. The van der Waals surface area contributed by atoms with E-state index in [0.717, 1.165) is 0 Å². The number of nitrogens with zero attached hydrogens (tertiary/aromatic N) is 1. The number of hydrogen-bond donors (Lipinski definition) is 1. The van der Waals surface area contributed by atoms with Gasteiger partial charge in [0.25, 0.3) is 0 Å². The molecule has 0 aromatic heterocycles. The minimum absolute atomic E-state index is 0.00496. The molecule has 5 nitrogen and oxygen atoms in total. The van der Waals surface area contributed by atoms with Crippen LogP contribution >= 0.6 is 11.6 Å². The highest BCUT2D eigenvalue weighted by Crippen LogP contribution is 2.37. The molecule has 0 radical (unpaired) electrons. The Hall–Kier alpha value is -1.75. The first-order valence-electron chi connectivity index (χ1n) is 5.40. The van der Waals surface area contributed by atoms with Crippen LogP contribution in [0.4, 0.5) is 5.69 Å². The van der Waals surface area contributed by atoms with Gasteiger partial charge in [0.05, 0.1) is 23.7 Å². The van der Waals surface area contributed by atoms with Crippen molar-refractivity contribution in [1.29, 1.82) is 0 Å². The molecule has 1 unspecified atom stereocenters. The van der Waals surface area contributed by atoms with Crippen molar-refractivity contribution in [2.75, 3.05) is 18.6 Å². The zero-order chi connectivity index (χ0) is 13.3. The van der Waals surface area contributed by atoms with Crippen molar-refractivity contribution in [1.82, 2.24) is 0 Å². The van der Waals surface area contributed by atoms with E-state index in [1.54, 1.807) is 18.2 Å². The molecule has 6 heteroatoms. The van der Waals surface area contributed by atoms with Gasteiger partial charge in [0.1, 0.15) is 0 Å². The normalized spacial score (nSPS) is 19.1. The lowest BCUT2D eigenvalue weighted by Crippen LogP contribution is -2.26. The zero-order valence-electron chi connectivity index (χ0n) is 9.72. The standard InChI is InChI=1S/C12H12ClNO4/c1-18-11-8(13)3-2-4-9(11)14-6-7(12(16)17)5-10(14)15/h2-4,7H,5-6H2,1H3,(H,16,17). The summed E-state index contributed by atoms with van der Waals surface area (Å²) in [7, 11) is 1.46. The molecule has 1 heterocycles. The summed E-state index contributed by atoms with van der Waals surface area (Å²) in [5.74, 6) is -1.49. The summed E-state index contributed by atoms with van der Waals surface area (Å²) in [6.45, 7) is 0.144. The molecule has 1 aromatic carbocycles. The van der Waals surface area contributed by atoms with Crippen LogP contribution in [-0.4, -0.2) is 30.6 Å². The van der Waals surface area contributed by atoms with E-state index in [2.05, 4.69) is 0 Å². The Morgan fingerprint density at radius 3 is 2.83 bits per heavy atom. The Kier molecular flexibility index (Phi) is 3.43. The topological polar surface area (TPSA) is 66.8 Å². The summed E-state index contributed by atoms with van der Waals surface area (Å²) >= 11 is 5.98. The third-order valence-electron chi connectivity index (χ3n) is 2.92. The predicted molar refractivity (Wildman–Crippen MR) is 66.1 cm³/mol. The average molecular weight is 270 g/mol. The lowest BCUT2D eigenvalue weighted by atomic mass is 10.1. The molecule has 1 fully saturated rings. The van der Waals surface area contributed by atoms with Gasteiger partial charge in [-0.15, -0.1) is 0 Å². The SMILES string of the molecule is COc1c(Cl)cccc1N1CC(C(=O)O)CC1=O. The van der Waals surface area contributed by atoms with Crippen molar-refractivity contribution in [2.45, 2.75) is 6.42 Å². The summed E-state index contributed by atoms with van der Waals surface area (Å²) in [5, 5.41) is 9.33. The van der Waals surface area contributed by atoms with E-state index in [1.807, 2.05) is 0 Å². The fraction of sp³-hybridized carbons (Fsp3) is 0.333. The number of benzene rings is 1. The van der Waals surface area contributed by atoms with Crippen molar-refractivity contribution < 1.29 is 19.4 Å². The summed E-state index contributed by atoms with van der Waals surface area (Å²) < 4.78 is 5.16. The molecule has 0 aliphatic carbocycles. The molecule has 1 amide bonds. The van der Waals surface area contributed by atoms with Crippen molar-refractivity contribution in [3.63, 3.8) is 0 Å². The number of amides is 1. The molecular formula is C12H12ClNO4.